The number of ether oxygens (including phenoxy) is 1. The van der Waals surface area contributed by atoms with E-state index >= 15 is 0 Å². The maximum atomic E-state index is 13.2. The molecule has 3 aliphatic rings. The van der Waals surface area contributed by atoms with Gasteiger partial charge in [0.1, 0.15) is 0 Å². The van der Waals surface area contributed by atoms with Gasteiger partial charge in [0.2, 0.25) is 0 Å². The molecule has 0 amide bonds. The summed E-state index contributed by atoms with van der Waals surface area (Å²) < 4.78 is 33.5. The summed E-state index contributed by atoms with van der Waals surface area (Å²) in [4.78, 5) is 5.57. The number of benzene rings is 2. The fraction of sp³-hybridized carbons (Fsp3) is 0.538. The predicted octanol–water partition coefficient (Wildman–Crippen LogP) is 4.08. The highest BCUT2D eigenvalue weighted by Gasteiger charge is 2.43. The zero-order valence-electron chi connectivity index (χ0n) is 19.7. The van der Waals surface area contributed by atoms with E-state index in [9.17, 15) is 8.42 Å². The van der Waals surface area contributed by atoms with Crippen LogP contribution >= 0.6 is 0 Å². The van der Waals surface area contributed by atoms with Gasteiger partial charge in [-0.05, 0) is 61.6 Å². The van der Waals surface area contributed by atoms with Gasteiger partial charge in [0, 0.05) is 63.6 Å². The Labute approximate surface area is 198 Å². The summed E-state index contributed by atoms with van der Waals surface area (Å²) in [5, 5.41) is 0. The van der Waals surface area contributed by atoms with Crippen LogP contribution in [0, 0.1) is 0 Å². The molecular formula is C26H35N3O3S. The second-order valence-electron chi connectivity index (χ2n) is 9.52. The molecule has 0 radical (unpaired) electrons. The molecule has 0 bridgehead atoms. The van der Waals surface area contributed by atoms with Crippen LogP contribution in [-0.2, 0) is 14.8 Å². The van der Waals surface area contributed by atoms with Crippen LogP contribution in [0.25, 0.3) is 0 Å². The van der Waals surface area contributed by atoms with Crippen LogP contribution < -0.4 is 9.21 Å². The molecule has 6 nitrogen and oxygen atoms in total. The Bertz CT molecular complexity index is 1070. The van der Waals surface area contributed by atoms with E-state index in [1.165, 1.54) is 15.6 Å². The molecule has 2 atom stereocenters. The molecule has 2 fully saturated rings. The highest BCUT2D eigenvalue weighted by molar-refractivity contribution is 7.92. The Morgan fingerprint density at radius 3 is 2.55 bits per heavy atom. The average molecular weight is 470 g/mol. The lowest BCUT2D eigenvalue weighted by Crippen LogP contribution is -2.51. The van der Waals surface area contributed by atoms with Gasteiger partial charge >= 0.3 is 0 Å². The van der Waals surface area contributed by atoms with E-state index in [1.807, 2.05) is 12.1 Å². The van der Waals surface area contributed by atoms with Crippen LogP contribution in [0.5, 0.6) is 0 Å². The first-order valence-electron chi connectivity index (χ1n) is 12.3. The van der Waals surface area contributed by atoms with E-state index in [1.54, 1.807) is 31.3 Å². The van der Waals surface area contributed by atoms with Crippen LogP contribution in [0.3, 0.4) is 0 Å². The fourth-order valence-corrected chi connectivity index (χ4v) is 7.13. The van der Waals surface area contributed by atoms with Gasteiger partial charge in [-0.2, -0.15) is 0 Å². The van der Waals surface area contributed by atoms with E-state index in [0.29, 0.717) is 22.9 Å². The van der Waals surface area contributed by atoms with Crippen molar-refractivity contribution in [1.82, 2.24) is 4.90 Å². The summed E-state index contributed by atoms with van der Waals surface area (Å²) in [7, 11) is -1.93. The lowest BCUT2D eigenvalue weighted by atomic mass is 9.87. The molecule has 3 heterocycles. The Balaban J connectivity index is 1.46. The first-order valence-corrected chi connectivity index (χ1v) is 13.7. The highest BCUT2D eigenvalue weighted by atomic mass is 32.2. The molecule has 0 aromatic heterocycles. The van der Waals surface area contributed by atoms with E-state index in [2.05, 4.69) is 28.9 Å². The summed E-state index contributed by atoms with van der Waals surface area (Å²) >= 11 is 0. The van der Waals surface area contributed by atoms with Crippen molar-refractivity contribution in [2.24, 2.45) is 0 Å². The first-order chi connectivity index (χ1) is 16.0. The molecule has 0 spiro atoms. The second kappa shape index (κ2) is 9.28. The van der Waals surface area contributed by atoms with Gasteiger partial charge in [-0.15, -0.1) is 0 Å². The minimum Gasteiger partial charge on any atom is -0.381 e. The molecule has 3 aliphatic heterocycles. The molecule has 178 valence electrons. The number of piperidine rings is 1. The number of sulfonamides is 1. The van der Waals surface area contributed by atoms with Gasteiger partial charge in [-0.25, -0.2) is 8.42 Å². The quantitative estimate of drug-likeness (QED) is 0.638. The molecular weight excluding hydrogens is 434 g/mol. The maximum Gasteiger partial charge on any atom is 0.264 e. The number of hydrogen-bond acceptors (Lipinski definition) is 5. The normalized spacial score (nSPS) is 23.9. The monoisotopic (exact) mass is 469 g/mol. The Morgan fingerprint density at radius 2 is 1.82 bits per heavy atom. The number of hydrogen-bond donors (Lipinski definition) is 0. The van der Waals surface area contributed by atoms with Gasteiger partial charge in [-0.3, -0.25) is 9.21 Å². The maximum absolute atomic E-state index is 13.2. The van der Waals surface area contributed by atoms with Gasteiger partial charge in [0.25, 0.3) is 10.0 Å². The minimum atomic E-state index is -3.59. The molecule has 2 aromatic rings. The van der Waals surface area contributed by atoms with E-state index < -0.39 is 10.0 Å². The molecule has 2 unspecified atom stereocenters. The minimum absolute atomic E-state index is 0.321. The molecule has 33 heavy (non-hydrogen) atoms. The molecule has 2 saturated heterocycles. The first kappa shape index (κ1) is 22.7. The Hall–Kier alpha value is -2.09. The standard InChI is InChI=1S/C26H35N3O3S/c1-3-14-29-25-10-9-21(27(2)33(30,31)22-7-5-4-6-8-22)18-23(25)24-19-28(15-11-26(24)29)20-12-16-32-17-13-20/h4-10,18,20,24,26H,3,11-17,19H2,1-2H3. The third-order valence-electron chi connectivity index (χ3n) is 7.67. The van der Waals surface area contributed by atoms with Crippen LogP contribution in [-0.4, -0.2) is 65.3 Å². The molecule has 2 aromatic carbocycles. The second-order valence-corrected chi connectivity index (χ2v) is 11.5. The number of anilines is 2. The van der Waals surface area contributed by atoms with Crippen molar-refractivity contribution in [3.05, 3.63) is 54.1 Å². The van der Waals surface area contributed by atoms with Crippen molar-refractivity contribution in [1.29, 1.82) is 0 Å². The number of rotatable bonds is 6. The molecule has 7 heteroatoms. The van der Waals surface area contributed by atoms with E-state index in [0.717, 1.165) is 64.2 Å². The van der Waals surface area contributed by atoms with E-state index in [-0.39, 0.29) is 0 Å². The van der Waals surface area contributed by atoms with Gasteiger partial charge in [0.05, 0.1) is 10.6 Å². The Kier molecular flexibility index (Phi) is 6.38. The summed E-state index contributed by atoms with van der Waals surface area (Å²) in [5.74, 6) is 0.413. The third kappa shape index (κ3) is 4.15. The van der Waals surface area contributed by atoms with Crippen LogP contribution in [0.1, 0.15) is 44.1 Å². The summed E-state index contributed by atoms with van der Waals surface area (Å²) in [6, 6.07) is 16.0. The number of nitrogens with zero attached hydrogens (tertiary/aromatic N) is 3. The number of fused-ring (bicyclic) bond motifs is 3. The fourth-order valence-electron chi connectivity index (χ4n) is 5.92. The van der Waals surface area contributed by atoms with Gasteiger partial charge in [-0.1, -0.05) is 25.1 Å². The molecule has 0 saturated carbocycles. The lowest BCUT2D eigenvalue weighted by molar-refractivity contribution is 0.0222. The summed E-state index contributed by atoms with van der Waals surface area (Å²) in [6.07, 6.45) is 4.49. The van der Waals surface area contributed by atoms with Gasteiger partial charge < -0.3 is 9.64 Å². The molecule has 5 rings (SSSR count). The summed E-state index contributed by atoms with van der Waals surface area (Å²) in [6.45, 7) is 7.18. The zero-order valence-corrected chi connectivity index (χ0v) is 20.5. The average Bonchev–Trinajstić information content (AvgIpc) is 3.17. The van der Waals surface area contributed by atoms with Crippen molar-refractivity contribution >= 4 is 21.4 Å². The van der Waals surface area contributed by atoms with Crippen molar-refractivity contribution in [2.75, 3.05) is 49.1 Å². The van der Waals surface area contributed by atoms with E-state index in [4.69, 9.17) is 4.74 Å². The predicted molar refractivity (Wildman–Crippen MR) is 133 cm³/mol. The number of likely N-dealkylation sites (tertiary alicyclic amines) is 1. The van der Waals surface area contributed by atoms with Crippen LogP contribution in [0.4, 0.5) is 11.4 Å². The third-order valence-corrected chi connectivity index (χ3v) is 9.46. The van der Waals surface area contributed by atoms with Crippen molar-refractivity contribution in [3.63, 3.8) is 0 Å². The lowest BCUT2D eigenvalue weighted by Gasteiger charge is -2.43. The molecule has 0 N–H and O–H groups in total. The topological polar surface area (TPSA) is 53.1 Å². The summed E-state index contributed by atoms with van der Waals surface area (Å²) in [5.41, 5.74) is 3.32. The van der Waals surface area contributed by atoms with Crippen LogP contribution in [0.2, 0.25) is 0 Å². The van der Waals surface area contributed by atoms with Gasteiger partial charge in [0.15, 0.2) is 0 Å². The molecule has 0 aliphatic carbocycles. The van der Waals surface area contributed by atoms with Crippen LogP contribution in [0.15, 0.2) is 53.4 Å². The zero-order chi connectivity index (χ0) is 23.0. The van der Waals surface area contributed by atoms with Crippen molar-refractivity contribution in [2.45, 2.75) is 55.5 Å². The largest absolute Gasteiger partial charge is 0.381 e. The SMILES string of the molecule is CCCN1c2ccc(N(C)S(=O)(=O)c3ccccc3)cc2C2CN(C3CCOCC3)CCC21. The van der Waals surface area contributed by atoms with Crippen molar-refractivity contribution in [3.8, 4) is 0 Å². The Morgan fingerprint density at radius 1 is 1.06 bits per heavy atom. The smallest absolute Gasteiger partial charge is 0.264 e. The highest BCUT2D eigenvalue weighted by Crippen LogP contribution is 2.47. The van der Waals surface area contributed by atoms with Crippen molar-refractivity contribution < 1.29 is 13.2 Å².